The highest BCUT2D eigenvalue weighted by Gasteiger charge is 2.67. The molecule has 1 saturated carbocycles. The number of fused-ring (bicyclic) bond motifs is 3. The Hall–Kier alpha value is -1.14. The molecule has 82 valence electrons. The quantitative estimate of drug-likeness (QED) is 0.674. The molecule has 2 atom stereocenters. The van der Waals surface area contributed by atoms with Gasteiger partial charge in [0.15, 0.2) is 5.69 Å². The van der Waals surface area contributed by atoms with Crippen molar-refractivity contribution in [2.24, 2.45) is 5.92 Å². The first-order chi connectivity index (χ1) is 6.83. The number of nitrogens with zero attached hydrogens (tertiary/aromatic N) is 1. The van der Waals surface area contributed by atoms with Crippen LogP contribution in [0.2, 0.25) is 0 Å². The molecule has 2 nitrogen and oxygen atoms in total. The third kappa shape index (κ3) is 0.955. The summed E-state index contributed by atoms with van der Waals surface area (Å²) in [4.78, 5) is 0. The van der Waals surface area contributed by atoms with E-state index in [1.807, 2.05) is 5.10 Å². The molecule has 3 rings (SSSR count). The first kappa shape index (κ1) is 9.11. The second kappa shape index (κ2) is 2.17. The Morgan fingerprint density at radius 3 is 2.60 bits per heavy atom. The first-order valence-corrected chi connectivity index (χ1v) is 4.37. The van der Waals surface area contributed by atoms with E-state index in [1.54, 1.807) is 0 Å². The third-order valence-corrected chi connectivity index (χ3v) is 3.03. The Morgan fingerprint density at radius 2 is 2.00 bits per heavy atom. The van der Waals surface area contributed by atoms with Gasteiger partial charge in [-0.15, -0.1) is 0 Å². The molecule has 1 fully saturated rings. The number of hydrogen-bond acceptors (Lipinski definition) is 1. The van der Waals surface area contributed by atoms with Gasteiger partial charge < -0.3 is 0 Å². The molecule has 0 aromatic carbocycles. The van der Waals surface area contributed by atoms with Crippen LogP contribution in [-0.4, -0.2) is 10.2 Å². The predicted molar refractivity (Wildman–Crippen MR) is 38.3 cm³/mol. The topological polar surface area (TPSA) is 28.7 Å². The minimum absolute atomic E-state index is 0.128. The smallest absolute Gasteiger partial charge is 0.276 e. The SMILES string of the molecule is FC(F)(F)c1n[nH]c2c1C1C[C@H]1C2(F)F. The molecule has 15 heavy (non-hydrogen) atoms. The van der Waals surface area contributed by atoms with Crippen LogP contribution in [0.3, 0.4) is 0 Å². The van der Waals surface area contributed by atoms with Crippen molar-refractivity contribution in [1.29, 1.82) is 0 Å². The van der Waals surface area contributed by atoms with Crippen molar-refractivity contribution in [2.45, 2.75) is 24.4 Å². The van der Waals surface area contributed by atoms with Crippen molar-refractivity contribution >= 4 is 0 Å². The molecule has 0 amide bonds. The van der Waals surface area contributed by atoms with E-state index in [0.29, 0.717) is 0 Å². The van der Waals surface area contributed by atoms with Gasteiger partial charge in [-0.05, 0) is 12.3 Å². The molecule has 7 heteroatoms. The summed E-state index contributed by atoms with van der Waals surface area (Å²) >= 11 is 0. The molecule has 2 aliphatic carbocycles. The molecule has 0 spiro atoms. The summed E-state index contributed by atoms with van der Waals surface area (Å²) in [5.41, 5.74) is -2.14. The molecule has 0 aliphatic heterocycles. The highest BCUT2D eigenvalue weighted by atomic mass is 19.4. The van der Waals surface area contributed by atoms with E-state index in [2.05, 4.69) is 5.10 Å². The second-order valence-corrected chi connectivity index (χ2v) is 3.93. The number of rotatable bonds is 0. The van der Waals surface area contributed by atoms with Crippen LogP contribution in [0.15, 0.2) is 0 Å². The monoisotopic (exact) mass is 224 g/mol. The summed E-state index contributed by atoms with van der Waals surface area (Å²) in [7, 11) is 0. The zero-order valence-corrected chi connectivity index (χ0v) is 7.20. The molecular weight excluding hydrogens is 219 g/mol. The summed E-state index contributed by atoms with van der Waals surface area (Å²) in [6.07, 6.45) is -4.53. The number of aromatic nitrogens is 2. The Kier molecular flexibility index (Phi) is 1.32. The minimum atomic E-state index is -4.66. The molecule has 0 saturated heterocycles. The Bertz CT molecular complexity index is 433. The lowest BCUT2D eigenvalue weighted by atomic mass is 10.1. The molecule has 2 aliphatic rings. The standard InChI is InChI=1S/C8H5F5N2/c9-7(10)3-1-2(3)4-5(7)14-15-6(4)8(11,12)13/h2-3H,1H2,(H,14,15)/t2?,3-/m1/s1. The van der Waals surface area contributed by atoms with Crippen molar-refractivity contribution in [3.05, 3.63) is 17.0 Å². The Morgan fingerprint density at radius 1 is 1.33 bits per heavy atom. The van der Waals surface area contributed by atoms with Crippen molar-refractivity contribution in [1.82, 2.24) is 10.2 Å². The van der Waals surface area contributed by atoms with Crippen LogP contribution < -0.4 is 0 Å². The van der Waals surface area contributed by atoms with E-state index in [-0.39, 0.29) is 12.0 Å². The molecule has 1 heterocycles. The highest BCUT2D eigenvalue weighted by molar-refractivity contribution is 5.45. The van der Waals surface area contributed by atoms with Crippen molar-refractivity contribution in [3.63, 3.8) is 0 Å². The lowest BCUT2D eigenvalue weighted by molar-refractivity contribution is -0.141. The largest absolute Gasteiger partial charge is 0.435 e. The maximum absolute atomic E-state index is 13.3. The minimum Gasteiger partial charge on any atom is -0.276 e. The Labute approximate surface area is 80.5 Å². The number of aromatic amines is 1. The van der Waals surface area contributed by atoms with Gasteiger partial charge in [0.1, 0.15) is 5.69 Å². The van der Waals surface area contributed by atoms with Gasteiger partial charge in [0.2, 0.25) is 0 Å². The summed E-state index contributed by atoms with van der Waals surface area (Å²) in [5, 5.41) is 4.78. The average Bonchev–Trinajstić information content (AvgIpc) is 2.68. The average molecular weight is 224 g/mol. The Balaban J connectivity index is 2.18. The van der Waals surface area contributed by atoms with Gasteiger partial charge in [-0.2, -0.15) is 27.1 Å². The number of alkyl halides is 5. The normalized spacial score (nSPS) is 31.3. The van der Waals surface area contributed by atoms with E-state index >= 15 is 0 Å². The van der Waals surface area contributed by atoms with E-state index in [9.17, 15) is 22.0 Å². The van der Waals surface area contributed by atoms with Crippen LogP contribution in [0, 0.1) is 5.92 Å². The second-order valence-electron chi connectivity index (χ2n) is 3.93. The third-order valence-electron chi connectivity index (χ3n) is 3.03. The van der Waals surface area contributed by atoms with Crippen LogP contribution in [-0.2, 0) is 12.1 Å². The fraction of sp³-hybridized carbons (Fsp3) is 0.625. The van der Waals surface area contributed by atoms with Gasteiger partial charge in [0.25, 0.3) is 5.92 Å². The van der Waals surface area contributed by atoms with Crippen LogP contribution >= 0.6 is 0 Å². The van der Waals surface area contributed by atoms with Crippen molar-refractivity contribution in [2.75, 3.05) is 0 Å². The van der Waals surface area contributed by atoms with E-state index in [4.69, 9.17) is 0 Å². The van der Waals surface area contributed by atoms with Crippen LogP contribution in [0.1, 0.15) is 29.3 Å². The zero-order valence-electron chi connectivity index (χ0n) is 7.20. The van der Waals surface area contributed by atoms with Gasteiger partial charge in [-0.25, -0.2) is 0 Å². The summed E-state index contributed by atoms with van der Waals surface area (Å²) < 4.78 is 63.8. The zero-order chi connectivity index (χ0) is 11.0. The van der Waals surface area contributed by atoms with Gasteiger partial charge in [0, 0.05) is 11.5 Å². The van der Waals surface area contributed by atoms with Crippen LogP contribution in [0.4, 0.5) is 22.0 Å². The molecule has 1 N–H and O–H groups in total. The van der Waals surface area contributed by atoms with Gasteiger partial charge in [0.05, 0.1) is 0 Å². The molecule has 1 aromatic heterocycles. The lowest BCUT2D eigenvalue weighted by Gasteiger charge is -2.09. The molecular formula is C8H5F5N2. The van der Waals surface area contributed by atoms with Crippen molar-refractivity contribution in [3.8, 4) is 0 Å². The number of hydrogen-bond donors (Lipinski definition) is 1. The van der Waals surface area contributed by atoms with E-state index in [0.717, 1.165) is 0 Å². The highest BCUT2D eigenvalue weighted by Crippen LogP contribution is 2.67. The maximum Gasteiger partial charge on any atom is 0.435 e. The molecule has 0 radical (unpaired) electrons. The van der Waals surface area contributed by atoms with Gasteiger partial charge >= 0.3 is 6.18 Å². The predicted octanol–water partition coefficient (Wildman–Crippen LogP) is 2.64. The van der Waals surface area contributed by atoms with E-state index in [1.165, 1.54) is 0 Å². The fourth-order valence-electron chi connectivity index (χ4n) is 2.28. The molecule has 0 bridgehead atoms. The first-order valence-electron chi connectivity index (χ1n) is 4.37. The van der Waals surface area contributed by atoms with E-state index < -0.39 is 35.3 Å². The van der Waals surface area contributed by atoms with Crippen LogP contribution in [0.5, 0.6) is 0 Å². The lowest BCUT2D eigenvalue weighted by Crippen LogP contribution is -2.14. The maximum atomic E-state index is 13.3. The number of H-pyrrole nitrogens is 1. The number of nitrogens with one attached hydrogen (secondary N) is 1. The van der Waals surface area contributed by atoms with Gasteiger partial charge in [-0.1, -0.05) is 0 Å². The van der Waals surface area contributed by atoms with Crippen molar-refractivity contribution < 1.29 is 22.0 Å². The summed E-state index contributed by atoms with van der Waals surface area (Å²) in [6.45, 7) is 0. The summed E-state index contributed by atoms with van der Waals surface area (Å²) in [6, 6.07) is 0. The molecule has 1 aromatic rings. The molecule has 1 unspecified atom stereocenters. The number of halogens is 5. The summed E-state index contributed by atoms with van der Waals surface area (Å²) in [5.74, 6) is -4.79. The van der Waals surface area contributed by atoms with Gasteiger partial charge in [-0.3, -0.25) is 5.10 Å². The van der Waals surface area contributed by atoms with Crippen LogP contribution in [0.25, 0.3) is 0 Å². The fourth-order valence-corrected chi connectivity index (χ4v) is 2.28.